The molecule has 0 unspecified atom stereocenters. The van der Waals surface area contributed by atoms with E-state index in [4.69, 9.17) is 11.6 Å². The van der Waals surface area contributed by atoms with Gasteiger partial charge in [-0.05, 0) is 6.92 Å². The van der Waals surface area contributed by atoms with Crippen LogP contribution in [-0.2, 0) is 11.3 Å². The van der Waals surface area contributed by atoms with E-state index < -0.39 is 0 Å². The fraction of sp³-hybridized carbons (Fsp3) is 0.231. The fourth-order valence-electron chi connectivity index (χ4n) is 1.66. The van der Waals surface area contributed by atoms with Crippen LogP contribution in [0.25, 0.3) is 11.3 Å². The first-order chi connectivity index (χ1) is 8.74. The van der Waals surface area contributed by atoms with E-state index >= 15 is 0 Å². The Morgan fingerprint density at radius 3 is 2.72 bits per heavy atom. The quantitative estimate of drug-likeness (QED) is 0.863. The molecule has 0 bridgehead atoms. The summed E-state index contributed by atoms with van der Waals surface area (Å²) in [6, 6.07) is 9.83. The van der Waals surface area contributed by atoms with Crippen LogP contribution in [0.2, 0.25) is 0 Å². The number of hydrogen-bond donors (Lipinski definition) is 1. The van der Waals surface area contributed by atoms with Crippen LogP contribution in [0, 0.1) is 0 Å². The Bertz CT molecular complexity index is 536. The van der Waals surface area contributed by atoms with Crippen molar-refractivity contribution in [2.75, 3.05) is 11.2 Å². The zero-order valence-electron chi connectivity index (χ0n) is 10.1. The van der Waals surface area contributed by atoms with Crippen LogP contribution in [0.1, 0.15) is 6.92 Å². The molecule has 0 radical (unpaired) electrons. The van der Waals surface area contributed by atoms with E-state index in [1.807, 2.05) is 48.0 Å². The van der Waals surface area contributed by atoms with E-state index in [2.05, 4.69) is 10.3 Å². The van der Waals surface area contributed by atoms with E-state index in [-0.39, 0.29) is 11.8 Å². The first-order valence-electron chi connectivity index (χ1n) is 5.73. The van der Waals surface area contributed by atoms with Gasteiger partial charge in [-0.3, -0.25) is 10.1 Å². The number of nitrogens with one attached hydrogen (secondary N) is 1. The molecule has 1 aromatic carbocycles. The van der Waals surface area contributed by atoms with Gasteiger partial charge in [0.05, 0.1) is 5.69 Å². The van der Waals surface area contributed by atoms with Gasteiger partial charge < -0.3 is 4.57 Å². The van der Waals surface area contributed by atoms with Crippen LogP contribution in [-0.4, -0.2) is 21.3 Å². The number of benzene rings is 1. The number of anilines is 1. The number of aryl methyl sites for hydroxylation is 1. The Morgan fingerprint density at radius 1 is 1.39 bits per heavy atom. The van der Waals surface area contributed by atoms with Crippen LogP contribution in [0.4, 0.5) is 5.95 Å². The van der Waals surface area contributed by atoms with Crippen molar-refractivity contribution < 1.29 is 4.79 Å². The molecule has 4 nitrogen and oxygen atoms in total. The van der Waals surface area contributed by atoms with Crippen molar-refractivity contribution in [3.63, 3.8) is 0 Å². The summed E-state index contributed by atoms with van der Waals surface area (Å²) in [6.45, 7) is 2.73. The van der Waals surface area contributed by atoms with E-state index in [1.54, 1.807) is 0 Å². The maximum absolute atomic E-state index is 11.3. The van der Waals surface area contributed by atoms with Gasteiger partial charge in [0, 0.05) is 18.3 Å². The van der Waals surface area contributed by atoms with Crippen LogP contribution in [0.3, 0.4) is 0 Å². The van der Waals surface area contributed by atoms with E-state index in [0.29, 0.717) is 5.95 Å². The Kier molecular flexibility index (Phi) is 3.99. The van der Waals surface area contributed by atoms with Gasteiger partial charge in [-0.1, -0.05) is 30.3 Å². The number of amides is 1. The zero-order chi connectivity index (χ0) is 13.0. The summed E-state index contributed by atoms with van der Waals surface area (Å²) < 4.78 is 1.88. The molecule has 2 aromatic rings. The predicted molar refractivity (Wildman–Crippen MR) is 72.7 cm³/mol. The number of halogens is 1. The molecule has 0 fully saturated rings. The van der Waals surface area contributed by atoms with Crippen molar-refractivity contribution in [2.24, 2.45) is 0 Å². The van der Waals surface area contributed by atoms with Gasteiger partial charge in [-0.2, -0.15) is 0 Å². The van der Waals surface area contributed by atoms with Gasteiger partial charge >= 0.3 is 0 Å². The number of hydrogen-bond acceptors (Lipinski definition) is 2. The molecule has 0 saturated carbocycles. The number of alkyl halides is 1. The van der Waals surface area contributed by atoms with Crippen molar-refractivity contribution in [2.45, 2.75) is 13.5 Å². The molecule has 0 spiro atoms. The molecule has 0 aliphatic rings. The zero-order valence-corrected chi connectivity index (χ0v) is 10.8. The predicted octanol–water partition coefficient (Wildman–Crippen LogP) is 2.75. The normalized spacial score (nSPS) is 10.3. The summed E-state index contributed by atoms with van der Waals surface area (Å²) in [5.74, 6) is 0.204. The number of imidazole rings is 1. The molecule has 94 valence electrons. The molecule has 1 aromatic heterocycles. The van der Waals surface area contributed by atoms with Crippen molar-refractivity contribution in [3.05, 3.63) is 36.5 Å². The fourth-order valence-corrected chi connectivity index (χ4v) is 1.73. The summed E-state index contributed by atoms with van der Waals surface area (Å²) >= 11 is 5.47. The van der Waals surface area contributed by atoms with Gasteiger partial charge in [0.25, 0.3) is 0 Å². The Balaban J connectivity index is 2.32. The molecule has 5 heteroatoms. The third-order valence-electron chi connectivity index (χ3n) is 2.56. The maximum Gasteiger partial charge on any atom is 0.241 e. The van der Waals surface area contributed by atoms with Gasteiger partial charge in [-0.15, -0.1) is 11.6 Å². The monoisotopic (exact) mass is 263 g/mol. The Hall–Kier alpha value is -1.81. The molecular formula is C13H14ClN3O. The highest BCUT2D eigenvalue weighted by atomic mass is 35.5. The highest BCUT2D eigenvalue weighted by Crippen LogP contribution is 2.20. The summed E-state index contributed by atoms with van der Waals surface area (Å²) in [7, 11) is 0. The molecule has 0 aliphatic carbocycles. The molecule has 0 saturated heterocycles. The number of carbonyl (C=O) groups excluding carboxylic acids is 1. The van der Waals surface area contributed by atoms with E-state index in [0.717, 1.165) is 17.8 Å². The minimum atomic E-state index is -0.253. The van der Waals surface area contributed by atoms with Crippen LogP contribution >= 0.6 is 11.6 Å². The third kappa shape index (κ3) is 2.71. The number of aromatic nitrogens is 2. The van der Waals surface area contributed by atoms with Crippen LogP contribution in [0.15, 0.2) is 36.5 Å². The molecule has 2 rings (SSSR count). The lowest BCUT2D eigenvalue weighted by atomic mass is 10.2. The summed E-state index contributed by atoms with van der Waals surface area (Å²) in [4.78, 5) is 15.7. The van der Waals surface area contributed by atoms with Crippen molar-refractivity contribution in [1.82, 2.24) is 9.55 Å². The van der Waals surface area contributed by atoms with Crippen LogP contribution in [0.5, 0.6) is 0 Å². The van der Waals surface area contributed by atoms with Crippen LogP contribution < -0.4 is 5.32 Å². The highest BCUT2D eigenvalue weighted by molar-refractivity contribution is 6.28. The largest absolute Gasteiger partial charge is 0.317 e. The highest BCUT2D eigenvalue weighted by Gasteiger charge is 2.10. The lowest BCUT2D eigenvalue weighted by Gasteiger charge is -2.03. The van der Waals surface area contributed by atoms with Gasteiger partial charge in [-0.25, -0.2) is 4.98 Å². The van der Waals surface area contributed by atoms with E-state index in [9.17, 15) is 4.79 Å². The summed E-state index contributed by atoms with van der Waals surface area (Å²) in [6.07, 6.45) is 1.92. The molecule has 1 N–H and O–H groups in total. The number of rotatable bonds is 4. The number of carbonyl (C=O) groups is 1. The molecule has 0 atom stereocenters. The molecular weight excluding hydrogens is 250 g/mol. The second-order valence-corrected chi connectivity index (χ2v) is 4.05. The minimum Gasteiger partial charge on any atom is -0.317 e. The van der Waals surface area contributed by atoms with E-state index in [1.165, 1.54) is 0 Å². The van der Waals surface area contributed by atoms with Crippen molar-refractivity contribution >= 4 is 23.5 Å². The smallest absolute Gasteiger partial charge is 0.241 e. The van der Waals surface area contributed by atoms with Gasteiger partial charge in [0.1, 0.15) is 5.88 Å². The molecule has 1 amide bonds. The Morgan fingerprint density at radius 2 is 2.11 bits per heavy atom. The van der Waals surface area contributed by atoms with Crippen molar-refractivity contribution in [1.29, 1.82) is 0 Å². The topological polar surface area (TPSA) is 46.9 Å². The van der Waals surface area contributed by atoms with Gasteiger partial charge in [0.15, 0.2) is 0 Å². The van der Waals surface area contributed by atoms with Gasteiger partial charge in [0.2, 0.25) is 11.9 Å². The summed E-state index contributed by atoms with van der Waals surface area (Å²) in [5, 5.41) is 2.68. The molecule has 1 heterocycles. The first-order valence-corrected chi connectivity index (χ1v) is 6.26. The maximum atomic E-state index is 11.3. The average molecular weight is 264 g/mol. The second-order valence-electron chi connectivity index (χ2n) is 3.78. The van der Waals surface area contributed by atoms with Crippen molar-refractivity contribution in [3.8, 4) is 11.3 Å². The summed E-state index contributed by atoms with van der Waals surface area (Å²) in [5.41, 5.74) is 1.85. The SMILES string of the molecule is CCn1cc(-c2ccccc2)nc1NC(=O)CCl. The Labute approximate surface area is 111 Å². The standard InChI is InChI=1S/C13H14ClN3O/c1-2-17-9-11(10-6-4-3-5-7-10)15-13(17)16-12(18)8-14/h3-7,9H,2,8H2,1H3,(H,15,16,18). The first kappa shape index (κ1) is 12.6. The average Bonchev–Trinajstić information content (AvgIpc) is 2.82. The molecule has 0 aliphatic heterocycles. The molecule has 18 heavy (non-hydrogen) atoms. The second kappa shape index (κ2) is 5.69. The third-order valence-corrected chi connectivity index (χ3v) is 2.80. The number of nitrogens with zero attached hydrogens (tertiary/aromatic N) is 2. The minimum absolute atomic E-state index is 0.0722. The lowest BCUT2D eigenvalue weighted by Crippen LogP contribution is -2.16. The lowest BCUT2D eigenvalue weighted by molar-refractivity contribution is -0.114.